The van der Waals surface area contributed by atoms with Crippen molar-refractivity contribution in [2.24, 2.45) is 0 Å². The Morgan fingerprint density at radius 3 is 2.52 bits per heavy atom. The molecule has 1 aliphatic rings. The maximum atomic E-state index is 12.2. The lowest BCUT2D eigenvalue weighted by Crippen LogP contribution is -2.21. The number of benzene rings is 2. The largest absolute Gasteiger partial charge is 0.456 e. The van der Waals surface area contributed by atoms with Crippen LogP contribution in [0.15, 0.2) is 42.5 Å². The van der Waals surface area contributed by atoms with Gasteiger partial charge in [0.1, 0.15) is 0 Å². The molecule has 1 heterocycles. The third-order valence-corrected chi connectivity index (χ3v) is 4.39. The molecule has 0 atom stereocenters. The number of aryl methyl sites for hydroxylation is 1. The van der Waals surface area contributed by atoms with Gasteiger partial charge in [-0.15, -0.1) is 0 Å². The molecule has 0 radical (unpaired) electrons. The fraction of sp³-hybridized carbons (Fsp3) is 0.318. The lowest BCUT2D eigenvalue weighted by molar-refractivity contribution is -0.147. The minimum atomic E-state index is -0.596. The van der Waals surface area contributed by atoms with Crippen LogP contribution >= 0.6 is 0 Å². The Balaban J connectivity index is 1.39. The molecule has 0 aliphatic carbocycles. The zero-order valence-electron chi connectivity index (χ0n) is 16.2. The fourth-order valence-corrected chi connectivity index (χ4v) is 2.90. The second-order valence-electron chi connectivity index (χ2n) is 6.65. The molecule has 0 bridgehead atoms. The van der Waals surface area contributed by atoms with Crippen LogP contribution in [0.2, 0.25) is 0 Å². The number of anilines is 1. The van der Waals surface area contributed by atoms with Crippen LogP contribution in [0.25, 0.3) is 0 Å². The zero-order valence-corrected chi connectivity index (χ0v) is 16.2. The number of carbonyl (C=O) groups excluding carboxylic acids is 3. The van der Waals surface area contributed by atoms with Gasteiger partial charge < -0.3 is 19.5 Å². The Hall–Kier alpha value is -3.35. The first-order valence-corrected chi connectivity index (χ1v) is 9.52. The van der Waals surface area contributed by atoms with Crippen molar-refractivity contribution in [1.29, 1.82) is 0 Å². The first kappa shape index (κ1) is 20.4. The van der Waals surface area contributed by atoms with Gasteiger partial charge in [-0.3, -0.25) is 14.4 Å². The number of amides is 1. The summed E-state index contributed by atoms with van der Waals surface area (Å²) in [6.45, 7) is 1.82. The summed E-state index contributed by atoms with van der Waals surface area (Å²) in [7, 11) is 0. The number of carbonyl (C=O) groups is 3. The second kappa shape index (κ2) is 9.73. The van der Waals surface area contributed by atoms with Gasteiger partial charge in [-0.1, -0.05) is 37.6 Å². The van der Waals surface area contributed by atoms with Crippen LogP contribution in [0.4, 0.5) is 5.69 Å². The van der Waals surface area contributed by atoms with Crippen molar-refractivity contribution < 1.29 is 28.6 Å². The van der Waals surface area contributed by atoms with Crippen LogP contribution < -0.4 is 14.8 Å². The Labute approximate surface area is 169 Å². The number of rotatable bonds is 9. The quantitative estimate of drug-likeness (QED) is 0.514. The van der Waals surface area contributed by atoms with E-state index in [0.717, 1.165) is 12.8 Å². The minimum absolute atomic E-state index is 0.0374. The van der Waals surface area contributed by atoms with E-state index in [1.165, 1.54) is 5.56 Å². The fourth-order valence-electron chi connectivity index (χ4n) is 2.90. The van der Waals surface area contributed by atoms with E-state index in [1.54, 1.807) is 30.3 Å². The van der Waals surface area contributed by atoms with Crippen LogP contribution in [0.5, 0.6) is 11.5 Å². The lowest BCUT2D eigenvalue weighted by atomic mass is 10.0. The highest BCUT2D eigenvalue weighted by Crippen LogP contribution is 2.34. The molecule has 0 fully saturated rings. The maximum Gasteiger partial charge on any atom is 0.306 e. The van der Waals surface area contributed by atoms with Gasteiger partial charge in [0.05, 0.1) is 6.42 Å². The van der Waals surface area contributed by atoms with E-state index in [-0.39, 0.29) is 25.4 Å². The van der Waals surface area contributed by atoms with Crippen LogP contribution in [0.3, 0.4) is 0 Å². The molecule has 1 aliphatic heterocycles. The number of Topliss-reactive ketones (excluding diaryl/α,β-unsaturated/α-hetero) is 1. The molecular weight excluding hydrogens is 374 g/mol. The summed E-state index contributed by atoms with van der Waals surface area (Å²) in [6, 6.07) is 12.4. The van der Waals surface area contributed by atoms with E-state index in [1.807, 2.05) is 12.1 Å². The number of ketones is 1. The number of hydrogen-bond donors (Lipinski definition) is 1. The van der Waals surface area contributed by atoms with E-state index in [9.17, 15) is 14.4 Å². The number of fused-ring (bicyclic) bond motifs is 1. The first-order chi connectivity index (χ1) is 14.0. The normalized spacial score (nSPS) is 11.8. The van der Waals surface area contributed by atoms with Crippen molar-refractivity contribution in [1.82, 2.24) is 0 Å². The summed E-state index contributed by atoms with van der Waals surface area (Å²) in [5, 5.41) is 2.61. The molecule has 1 N–H and O–H groups in total. The molecule has 0 saturated heterocycles. The van der Waals surface area contributed by atoms with Crippen LogP contribution in [0.1, 0.15) is 42.1 Å². The predicted molar refractivity (Wildman–Crippen MR) is 106 cm³/mol. The molecule has 7 nitrogen and oxygen atoms in total. The Morgan fingerprint density at radius 1 is 1.00 bits per heavy atom. The Kier molecular flexibility index (Phi) is 6.84. The molecule has 0 aromatic heterocycles. The van der Waals surface area contributed by atoms with Gasteiger partial charge in [0.25, 0.3) is 5.91 Å². The monoisotopic (exact) mass is 397 g/mol. The third-order valence-electron chi connectivity index (χ3n) is 4.39. The summed E-state index contributed by atoms with van der Waals surface area (Å²) in [4.78, 5) is 36.0. The van der Waals surface area contributed by atoms with Crippen molar-refractivity contribution >= 4 is 23.3 Å². The van der Waals surface area contributed by atoms with Gasteiger partial charge >= 0.3 is 5.97 Å². The van der Waals surface area contributed by atoms with Gasteiger partial charge in [-0.2, -0.15) is 0 Å². The van der Waals surface area contributed by atoms with E-state index < -0.39 is 18.5 Å². The van der Waals surface area contributed by atoms with E-state index in [0.29, 0.717) is 22.7 Å². The van der Waals surface area contributed by atoms with Crippen molar-refractivity contribution in [2.75, 3.05) is 18.7 Å². The molecular formula is C22H23NO6. The highest BCUT2D eigenvalue weighted by atomic mass is 16.7. The van der Waals surface area contributed by atoms with E-state index in [2.05, 4.69) is 12.2 Å². The molecule has 1 amide bonds. The molecule has 2 aromatic rings. The van der Waals surface area contributed by atoms with Crippen LogP contribution in [0, 0.1) is 0 Å². The number of ether oxygens (including phenoxy) is 3. The average molecular weight is 397 g/mol. The molecule has 0 spiro atoms. The van der Waals surface area contributed by atoms with Crippen LogP contribution in [-0.4, -0.2) is 31.1 Å². The molecule has 152 valence electrons. The summed E-state index contributed by atoms with van der Waals surface area (Å²) in [5.74, 6) is -0.0493. The zero-order chi connectivity index (χ0) is 20.6. The Morgan fingerprint density at radius 2 is 1.76 bits per heavy atom. The van der Waals surface area contributed by atoms with Gasteiger partial charge in [-0.25, -0.2) is 0 Å². The highest BCUT2D eigenvalue weighted by molar-refractivity contribution is 5.98. The minimum Gasteiger partial charge on any atom is -0.456 e. The molecule has 0 saturated carbocycles. The first-order valence-electron chi connectivity index (χ1n) is 9.52. The molecule has 29 heavy (non-hydrogen) atoms. The predicted octanol–water partition coefficient (Wildman–Crippen LogP) is 3.51. The van der Waals surface area contributed by atoms with Crippen molar-refractivity contribution in [3.63, 3.8) is 0 Å². The molecule has 7 heteroatoms. The van der Waals surface area contributed by atoms with Gasteiger partial charge in [0.2, 0.25) is 6.79 Å². The second-order valence-corrected chi connectivity index (χ2v) is 6.65. The van der Waals surface area contributed by atoms with E-state index in [4.69, 9.17) is 14.2 Å². The molecule has 3 rings (SSSR count). The molecule has 2 aromatic carbocycles. The van der Waals surface area contributed by atoms with Gasteiger partial charge in [-0.05, 0) is 24.1 Å². The Bertz CT molecular complexity index is 891. The van der Waals surface area contributed by atoms with E-state index >= 15 is 0 Å². The highest BCUT2D eigenvalue weighted by Gasteiger charge is 2.15. The summed E-state index contributed by atoms with van der Waals surface area (Å²) >= 11 is 0. The third kappa shape index (κ3) is 5.81. The molecule has 0 unspecified atom stereocenters. The smallest absolute Gasteiger partial charge is 0.306 e. The SMILES string of the molecule is CCCc1ccc(C(=O)CCC(=O)OCC(=O)Nc2ccc3c(c2)OCO3)cc1. The van der Waals surface area contributed by atoms with Crippen LogP contribution in [-0.2, 0) is 20.7 Å². The summed E-state index contributed by atoms with van der Waals surface area (Å²) in [6.07, 6.45) is 1.97. The van der Waals surface area contributed by atoms with Crippen molar-refractivity contribution in [3.05, 3.63) is 53.6 Å². The summed E-state index contributed by atoms with van der Waals surface area (Å²) in [5.41, 5.74) is 2.26. The number of nitrogens with one attached hydrogen (secondary N) is 1. The van der Waals surface area contributed by atoms with Gasteiger partial charge in [0.15, 0.2) is 23.9 Å². The van der Waals surface area contributed by atoms with Gasteiger partial charge in [0, 0.05) is 23.7 Å². The summed E-state index contributed by atoms with van der Waals surface area (Å²) < 4.78 is 15.4. The number of esters is 1. The van der Waals surface area contributed by atoms with Crippen molar-refractivity contribution in [2.45, 2.75) is 32.6 Å². The lowest BCUT2D eigenvalue weighted by Gasteiger charge is -2.07. The number of hydrogen-bond acceptors (Lipinski definition) is 6. The van der Waals surface area contributed by atoms with Crippen molar-refractivity contribution in [3.8, 4) is 11.5 Å². The standard InChI is InChI=1S/C22H23NO6/c1-2-3-15-4-6-16(7-5-15)18(24)9-11-22(26)27-13-21(25)23-17-8-10-19-20(12-17)29-14-28-19/h4-8,10,12H,2-3,9,11,13-14H2,1H3,(H,23,25). The maximum absolute atomic E-state index is 12.2. The average Bonchev–Trinajstić information content (AvgIpc) is 3.19. The topological polar surface area (TPSA) is 90.9 Å².